The van der Waals surface area contributed by atoms with Gasteiger partial charge in [-0.25, -0.2) is 4.39 Å². The summed E-state index contributed by atoms with van der Waals surface area (Å²) in [7, 11) is 0. The third-order valence-electron chi connectivity index (χ3n) is 2.87. The fraction of sp³-hybridized carbons (Fsp3) is 0.188. The number of halogens is 1. The van der Waals surface area contributed by atoms with E-state index < -0.39 is 11.7 Å². The number of benzene rings is 2. The summed E-state index contributed by atoms with van der Waals surface area (Å²) < 4.78 is 18.8. The Labute approximate surface area is 122 Å². The van der Waals surface area contributed by atoms with Gasteiger partial charge in [0.2, 0.25) is 0 Å². The summed E-state index contributed by atoms with van der Waals surface area (Å²) in [5.41, 5.74) is 1.98. The maximum absolute atomic E-state index is 13.6. The largest absolute Gasteiger partial charge is 0.480 e. The number of ether oxygens (including phenoxy) is 1. The van der Waals surface area contributed by atoms with Crippen LogP contribution in [-0.4, -0.2) is 17.6 Å². The number of carbonyl (C=O) groups is 1. The first kappa shape index (κ1) is 15.0. The maximum atomic E-state index is 13.6. The van der Waals surface area contributed by atoms with Crippen molar-refractivity contribution in [2.45, 2.75) is 13.5 Å². The first-order chi connectivity index (χ1) is 10.1. The summed E-state index contributed by atoms with van der Waals surface area (Å²) in [5, 5.41) is 11.8. The molecule has 0 saturated carbocycles. The molecule has 0 saturated heterocycles. The molecule has 0 atom stereocenters. The highest BCUT2D eigenvalue weighted by Gasteiger charge is 2.11. The van der Waals surface area contributed by atoms with E-state index in [1.54, 1.807) is 6.07 Å². The third kappa shape index (κ3) is 4.03. The molecule has 0 heterocycles. The molecule has 0 unspecified atom stereocenters. The highest BCUT2D eigenvalue weighted by molar-refractivity contribution is 5.91. The highest BCUT2D eigenvalue weighted by atomic mass is 19.1. The van der Waals surface area contributed by atoms with Gasteiger partial charge in [0.05, 0.1) is 6.61 Å². The van der Waals surface area contributed by atoms with Crippen molar-refractivity contribution in [3.63, 3.8) is 0 Å². The average molecular weight is 289 g/mol. The van der Waals surface area contributed by atoms with Crippen molar-refractivity contribution in [2.24, 2.45) is 0 Å². The van der Waals surface area contributed by atoms with Crippen LogP contribution in [0.1, 0.15) is 11.1 Å². The van der Waals surface area contributed by atoms with Gasteiger partial charge in [-0.15, -0.1) is 0 Å². The Kier molecular flexibility index (Phi) is 4.90. The maximum Gasteiger partial charge on any atom is 0.262 e. The average Bonchev–Trinajstić information content (AvgIpc) is 2.45. The second-order valence-corrected chi connectivity index (χ2v) is 4.59. The van der Waals surface area contributed by atoms with Crippen LogP contribution >= 0.6 is 0 Å². The standard InChI is InChI=1S/C16H16FNO3/c1-11-4-2-6-13(8-11)18-15(20)10-21-16-12(9-19)5-3-7-14(16)17/h2-8,19H,9-10H2,1H3,(H,18,20). The molecule has 0 radical (unpaired) electrons. The summed E-state index contributed by atoms with van der Waals surface area (Å²) in [4.78, 5) is 11.8. The Morgan fingerprint density at radius 2 is 2.05 bits per heavy atom. The number of hydrogen-bond donors (Lipinski definition) is 2. The van der Waals surface area contributed by atoms with Crippen molar-refractivity contribution in [1.82, 2.24) is 0 Å². The minimum absolute atomic E-state index is 0.0978. The second-order valence-electron chi connectivity index (χ2n) is 4.59. The lowest BCUT2D eigenvalue weighted by Crippen LogP contribution is -2.21. The number of aliphatic hydroxyl groups excluding tert-OH is 1. The van der Waals surface area contributed by atoms with E-state index in [-0.39, 0.29) is 19.0 Å². The predicted molar refractivity (Wildman–Crippen MR) is 77.6 cm³/mol. The van der Waals surface area contributed by atoms with Gasteiger partial charge in [-0.05, 0) is 30.7 Å². The Hall–Kier alpha value is -2.40. The van der Waals surface area contributed by atoms with Crippen molar-refractivity contribution in [1.29, 1.82) is 0 Å². The lowest BCUT2D eigenvalue weighted by atomic mass is 10.2. The number of hydrogen-bond acceptors (Lipinski definition) is 3. The first-order valence-corrected chi connectivity index (χ1v) is 6.47. The van der Waals surface area contributed by atoms with Gasteiger partial charge in [0, 0.05) is 11.3 Å². The number of para-hydroxylation sites is 1. The van der Waals surface area contributed by atoms with E-state index in [1.807, 2.05) is 25.1 Å². The van der Waals surface area contributed by atoms with Gasteiger partial charge in [0.25, 0.3) is 5.91 Å². The molecule has 0 aliphatic heterocycles. The quantitative estimate of drug-likeness (QED) is 0.889. The summed E-state index contributed by atoms with van der Waals surface area (Å²) in [6.45, 7) is 1.23. The molecule has 0 aliphatic rings. The molecule has 2 N–H and O–H groups in total. The van der Waals surface area contributed by atoms with Crippen LogP contribution in [0.25, 0.3) is 0 Å². The molecule has 2 rings (SSSR count). The zero-order valence-electron chi connectivity index (χ0n) is 11.6. The zero-order chi connectivity index (χ0) is 15.2. The molecule has 0 spiro atoms. The topological polar surface area (TPSA) is 58.6 Å². The highest BCUT2D eigenvalue weighted by Crippen LogP contribution is 2.22. The smallest absolute Gasteiger partial charge is 0.262 e. The summed E-state index contributed by atoms with van der Waals surface area (Å²) in [6, 6.07) is 11.5. The Morgan fingerprint density at radius 1 is 1.29 bits per heavy atom. The number of amides is 1. The van der Waals surface area contributed by atoms with E-state index in [4.69, 9.17) is 9.84 Å². The molecule has 2 aromatic carbocycles. The monoisotopic (exact) mass is 289 g/mol. The van der Waals surface area contributed by atoms with Gasteiger partial charge >= 0.3 is 0 Å². The lowest BCUT2D eigenvalue weighted by molar-refractivity contribution is -0.118. The molecular weight excluding hydrogens is 273 g/mol. The van der Waals surface area contributed by atoms with Gasteiger partial charge in [0.1, 0.15) is 0 Å². The van der Waals surface area contributed by atoms with Crippen LogP contribution in [0, 0.1) is 12.7 Å². The van der Waals surface area contributed by atoms with Crippen molar-refractivity contribution < 1.29 is 19.0 Å². The van der Waals surface area contributed by atoms with Crippen molar-refractivity contribution in [2.75, 3.05) is 11.9 Å². The van der Waals surface area contributed by atoms with Gasteiger partial charge < -0.3 is 15.2 Å². The fourth-order valence-corrected chi connectivity index (χ4v) is 1.90. The normalized spacial score (nSPS) is 10.2. The third-order valence-corrected chi connectivity index (χ3v) is 2.87. The van der Waals surface area contributed by atoms with Gasteiger partial charge in [-0.2, -0.15) is 0 Å². The number of carbonyl (C=O) groups excluding carboxylic acids is 1. The molecule has 110 valence electrons. The SMILES string of the molecule is Cc1cccc(NC(=O)COc2c(F)cccc2CO)c1. The van der Waals surface area contributed by atoms with Crippen LogP contribution < -0.4 is 10.1 Å². The fourth-order valence-electron chi connectivity index (χ4n) is 1.90. The van der Waals surface area contributed by atoms with Crippen molar-refractivity contribution in [3.05, 3.63) is 59.4 Å². The number of rotatable bonds is 5. The van der Waals surface area contributed by atoms with E-state index in [1.165, 1.54) is 18.2 Å². The van der Waals surface area contributed by atoms with Crippen molar-refractivity contribution in [3.8, 4) is 5.75 Å². The van der Waals surface area contributed by atoms with Crippen molar-refractivity contribution >= 4 is 11.6 Å². The lowest BCUT2D eigenvalue weighted by Gasteiger charge is -2.11. The van der Waals surface area contributed by atoms with Gasteiger partial charge in [-0.3, -0.25) is 4.79 Å². The summed E-state index contributed by atoms with van der Waals surface area (Å²) >= 11 is 0. The van der Waals surface area contributed by atoms with E-state index in [0.717, 1.165) is 5.56 Å². The Bertz CT molecular complexity index is 643. The van der Waals surface area contributed by atoms with Crippen LogP contribution in [0.3, 0.4) is 0 Å². The number of aliphatic hydroxyl groups is 1. The van der Waals surface area contributed by atoms with E-state index in [9.17, 15) is 9.18 Å². The molecule has 4 nitrogen and oxygen atoms in total. The molecule has 0 aliphatic carbocycles. The Balaban J connectivity index is 1.99. The minimum atomic E-state index is -0.607. The van der Waals surface area contributed by atoms with Crippen LogP contribution in [0.15, 0.2) is 42.5 Å². The second kappa shape index (κ2) is 6.85. The van der Waals surface area contributed by atoms with Crippen LogP contribution in [-0.2, 0) is 11.4 Å². The zero-order valence-corrected chi connectivity index (χ0v) is 11.6. The first-order valence-electron chi connectivity index (χ1n) is 6.47. The molecule has 0 fully saturated rings. The van der Waals surface area contributed by atoms with Crippen LogP contribution in [0.5, 0.6) is 5.75 Å². The predicted octanol–water partition coefficient (Wildman–Crippen LogP) is 2.64. The van der Waals surface area contributed by atoms with Crippen LogP contribution in [0.2, 0.25) is 0 Å². The molecule has 5 heteroatoms. The molecule has 21 heavy (non-hydrogen) atoms. The molecule has 1 amide bonds. The summed E-state index contributed by atoms with van der Waals surface area (Å²) in [5.74, 6) is -1.10. The van der Waals surface area contributed by atoms with E-state index in [2.05, 4.69) is 5.32 Å². The van der Waals surface area contributed by atoms with E-state index in [0.29, 0.717) is 11.3 Å². The van der Waals surface area contributed by atoms with Gasteiger partial charge in [-0.1, -0.05) is 24.3 Å². The summed E-state index contributed by atoms with van der Waals surface area (Å²) in [6.07, 6.45) is 0. The number of aryl methyl sites for hydroxylation is 1. The Morgan fingerprint density at radius 3 is 2.76 bits per heavy atom. The minimum Gasteiger partial charge on any atom is -0.480 e. The number of anilines is 1. The molecular formula is C16H16FNO3. The van der Waals surface area contributed by atoms with E-state index >= 15 is 0 Å². The molecule has 0 bridgehead atoms. The van der Waals surface area contributed by atoms with Gasteiger partial charge in [0.15, 0.2) is 18.2 Å². The molecule has 0 aromatic heterocycles. The number of nitrogens with one attached hydrogen (secondary N) is 1. The van der Waals surface area contributed by atoms with Crippen LogP contribution in [0.4, 0.5) is 10.1 Å². The molecule has 2 aromatic rings.